The molecule has 30 heavy (non-hydrogen) atoms. The van der Waals surface area contributed by atoms with E-state index in [1.807, 2.05) is 35.7 Å². The second kappa shape index (κ2) is 7.76. The highest BCUT2D eigenvalue weighted by Gasteiger charge is 2.13. The number of fused-ring (bicyclic) bond motifs is 3. The van der Waals surface area contributed by atoms with E-state index in [0.717, 1.165) is 22.5 Å². The van der Waals surface area contributed by atoms with Crippen LogP contribution in [-0.4, -0.2) is 20.6 Å². The van der Waals surface area contributed by atoms with E-state index < -0.39 is 0 Å². The summed E-state index contributed by atoms with van der Waals surface area (Å²) in [6, 6.07) is 18.3. The van der Waals surface area contributed by atoms with Gasteiger partial charge in [-0.2, -0.15) is 4.98 Å². The van der Waals surface area contributed by atoms with Gasteiger partial charge in [0, 0.05) is 46.9 Å². The van der Waals surface area contributed by atoms with Crippen LogP contribution in [0.5, 0.6) is 0 Å². The molecule has 0 fully saturated rings. The first-order valence-corrected chi connectivity index (χ1v) is 10.8. The van der Waals surface area contributed by atoms with E-state index in [1.54, 1.807) is 11.3 Å². The number of nitrogens with one attached hydrogen (secondary N) is 1. The minimum Gasteiger partial charge on any atom is -0.341 e. The number of para-hydroxylation sites is 1. The Morgan fingerprint density at radius 3 is 2.80 bits per heavy atom. The van der Waals surface area contributed by atoms with E-state index in [-0.39, 0.29) is 12.3 Å². The molecule has 0 aliphatic carbocycles. The highest BCUT2D eigenvalue weighted by atomic mass is 32.1. The summed E-state index contributed by atoms with van der Waals surface area (Å²) >= 11 is 1.55. The molecule has 1 N–H and O–H groups in total. The average Bonchev–Trinajstić information content (AvgIpc) is 3.50. The van der Waals surface area contributed by atoms with Crippen LogP contribution in [-0.2, 0) is 17.8 Å². The Bertz CT molecular complexity index is 1330. The van der Waals surface area contributed by atoms with Gasteiger partial charge in [0.05, 0.1) is 4.88 Å². The molecule has 0 saturated carbocycles. The van der Waals surface area contributed by atoms with Crippen molar-refractivity contribution in [3.63, 3.8) is 0 Å². The van der Waals surface area contributed by atoms with Crippen molar-refractivity contribution in [3.8, 4) is 10.7 Å². The number of anilines is 1. The quantitative estimate of drug-likeness (QED) is 0.397. The molecule has 2 aromatic carbocycles. The van der Waals surface area contributed by atoms with Crippen LogP contribution < -0.4 is 5.32 Å². The lowest BCUT2D eigenvalue weighted by Crippen LogP contribution is -2.12. The molecular weight excluding hydrogens is 396 g/mol. The van der Waals surface area contributed by atoms with Crippen LogP contribution in [0.4, 0.5) is 5.69 Å². The van der Waals surface area contributed by atoms with Crippen LogP contribution in [0.15, 0.2) is 64.5 Å². The fourth-order valence-electron chi connectivity index (χ4n) is 3.78. The van der Waals surface area contributed by atoms with E-state index in [2.05, 4.69) is 51.2 Å². The fourth-order valence-corrected chi connectivity index (χ4v) is 4.43. The number of rotatable bonds is 6. The average molecular weight is 417 g/mol. The number of thiophene rings is 1. The zero-order valence-corrected chi connectivity index (χ0v) is 17.3. The summed E-state index contributed by atoms with van der Waals surface area (Å²) in [5.74, 6) is 0.956. The Labute approximate surface area is 177 Å². The van der Waals surface area contributed by atoms with Gasteiger partial charge < -0.3 is 14.4 Å². The number of carbonyl (C=O) groups excluding carboxylic acids is 1. The molecule has 3 aromatic heterocycles. The van der Waals surface area contributed by atoms with Gasteiger partial charge in [-0.15, -0.1) is 11.3 Å². The number of hydrogen-bond acceptors (Lipinski definition) is 5. The molecule has 0 radical (unpaired) electrons. The molecule has 5 rings (SSSR count). The predicted molar refractivity (Wildman–Crippen MR) is 120 cm³/mol. The summed E-state index contributed by atoms with van der Waals surface area (Å²) in [4.78, 5) is 17.8. The molecule has 0 aliphatic heterocycles. The van der Waals surface area contributed by atoms with Crippen molar-refractivity contribution in [2.45, 2.75) is 26.3 Å². The van der Waals surface area contributed by atoms with Gasteiger partial charge in [-0.25, -0.2) is 0 Å². The van der Waals surface area contributed by atoms with Crippen LogP contribution in [0.25, 0.3) is 32.5 Å². The van der Waals surface area contributed by atoms with Crippen molar-refractivity contribution in [2.24, 2.45) is 0 Å². The Morgan fingerprint density at radius 1 is 1.10 bits per heavy atom. The Balaban J connectivity index is 1.31. The SMILES string of the molecule is CCn1c2ccccc2c2cc(NC(=O)CCc3nc(-c4cccs4)no3)ccc21. The van der Waals surface area contributed by atoms with Gasteiger partial charge in [0.15, 0.2) is 0 Å². The molecule has 5 aromatic rings. The van der Waals surface area contributed by atoms with Crippen molar-refractivity contribution in [1.29, 1.82) is 0 Å². The van der Waals surface area contributed by atoms with Crippen molar-refractivity contribution < 1.29 is 9.32 Å². The first-order valence-electron chi connectivity index (χ1n) is 9.90. The van der Waals surface area contributed by atoms with Crippen molar-refractivity contribution in [3.05, 3.63) is 65.9 Å². The molecule has 7 heteroatoms. The van der Waals surface area contributed by atoms with Gasteiger partial charge in [0.2, 0.25) is 17.6 Å². The number of amides is 1. The summed E-state index contributed by atoms with van der Waals surface area (Å²) in [6.45, 7) is 3.04. The minimum atomic E-state index is -0.0792. The van der Waals surface area contributed by atoms with Crippen molar-refractivity contribution in [1.82, 2.24) is 14.7 Å². The van der Waals surface area contributed by atoms with Crippen LogP contribution in [0, 0.1) is 0 Å². The molecule has 0 aliphatic rings. The number of hydrogen-bond donors (Lipinski definition) is 1. The number of nitrogens with zero attached hydrogens (tertiary/aromatic N) is 3. The molecule has 0 atom stereocenters. The molecule has 150 valence electrons. The van der Waals surface area contributed by atoms with E-state index in [0.29, 0.717) is 18.1 Å². The minimum absolute atomic E-state index is 0.0792. The van der Waals surface area contributed by atoms with Crippen LogP contribution in [0.1, 0.15) is 19.2 Å². The lowest BCUT2D eigenvalue weighted by molar-refractivity contribution is -0.116. The molecule has 0 saturated heterocycles. The van der Waals surface area contributed by atoms with E-state index in [9.17, 15) is 4.79 Å². The van der Waals surface area contributed by atoms with Crippen molar-refractivity contribution in [2.75, 3.05) is 5.32 Å². The Hall–Kier alpha value is -3.45. The van der Waals surface area contributed by atoms with Crippen LogP contribution in [0.2, 0.25) is 0 Å². The van der Waals surface area contributed by atoms with Gasteiger partial charge in [-0.05, 0) is 42.6 Å². The van der Waals surface area contributed by atoms with Gasteiger partial charge in [-0.1, -0.05) is 29.4 Å². The molecule has 1 amide bonds. The maximum atomic E-state index is 12.5. The summed E-state index contributed by atoms with van der Waals surface area (Å²) in [5, 5.41) is 11.3. The topological polar surface area (TPSA) is 73.0 Å². The summed E-state index contributed by atoms with van der Waals surface area (Å²) < 4.78 is 7.56. The Morgan fingerprint density at radius 2 is 1.97 bits per heavy atom. The Kier molecular flexibility index (Phi) is 4.80. The third-order valence-electron chi connectivity index (χ3n) is 5.15. The normalized spacial score (nSPS) is 11.4. The molecule has 0 unspecified atom stereocenters. The zero-order valence-electron chi connectivity index (χ0n) is 16.5. The summed E-state index contributed by atoms with van der Waals surface area (Å²) in [5.41, 5.74) is 3.16. The fraction of sp³-hybridized carbons (Fsp3) is 0.174. The van der Waals surface area contributed by atoms with Gasteiger partial charge in [0.1, 0.15) is 0 Å². The van der Waals surface area contributed by atoms with E-state index >= 15 is 0 Å². The van der Waals surface area contributed by atoms with Crippen LogP contribution >= 0.6 is 11.3 Å². The van der Waals surface area contributed by atoms with Crippen molar-refractivity contribution >= 4 is 44.7 Å². The maximum absolute atomic E-state index is 12.5. The van der Waals surface area contributed by atoms with E-state index in [1.165, 1.54) is 16.4 Å². The van der Waals surface area contributed by atoms with Gasteiger partial charge in [0.25, 0.3) is 0 Å². The zero-order chi connectivity index (χ0) is 20.5. The predicted octanol–water partition coefficient (Wildman–Crippen LogP) is 5.50. The molecule has 3 heterocycles. The third kappa shape index (κ3) is 3.37. The number of aromatic nitrogens is 3. The highest BCUT2D eigenvalue weighted by Crippen LogP contribution is 2.31. The smallest absolute Gasteiger partial charge is 0.227 e. The van der Waals surface area contributed by atoms with Crippen LogP contribution in [0.3, 0.4) is 0 Å². The molecular formula is C23H20N4O2S. The maximum Gasteiger partial charge on any atom is 0.227 e. The second-order valence-electron chi connectivity index (χ2n) is 7.03. The number of aryl methyl sites for hydroxylation is 2. The monoisotopic (exact) mass is 416 g/mol. The lowest BCUT2D eigenvalue weighted by atomic mass is 10.1. The molecule has 6 nitrogen and oxygen atoms in total. The summed E-state index contributed by atoms with van der Waals surface area (Å²) in [7, 11) is 0. The second-order valence-corrected chi connectivity index (χ2v) is 7.98. The highest BCUT2D eigenvalue weighted by molar-refractivity contribution is 7.13. The first-order chi connectivity index (χ1) is 14.7. The third-order valence-corrected chi connectivity index (χ3v) is 6.01. The lowest BCUT2D eigenvalue weighted by Gasteiger charge is -2.06. The largest absolute Gasteiger partial charge is 0.341 e. The van der Waals surface area contributed by atoms with Gasteiger partial charge in [-0.3, -0.25) is 4.79 Å². The number of benzene rings is 2. The standard InChI is InChI=1S/C23H20N4O2S/c1-2-27-18-7-4-3-6-16(18)17-14-15(9-10-19(17)27)24-21(28)11-12-22-25-23(26-29-22)20-8-5-13-30-20/h3-10,13-14H,2,11-12H2,1H3,(H,24,28). The number of carbonyl (C=O) groups is 1. The molecule has 0 spiro atoms. The van der Waals surface area contributed by atoms with Gasteiger partial charge >= 0.3 is 0 Å². The van der Waals surface area contributed by atoms with E-state index in [4.69, 9.17) is 4.52 Å². The first kappa shape index (κ1) is 18.6. The summed E-state index contributed by atoms with van der Waals surface area (Å²) in [6.07, 6.45) is 0.683. The molecule has 0 bridgehead atoms.